The molecule has 2 heterocycles. The van der Waals surface area contributed by atoms with Gasteiger partial charge in [0.05, 0.1) is 11.4 Å². The predicted octanol–water partition coefficient (Wildman–Crippen LogP) is 4.51. The Morgan fingerprint density at radius 2 is 1.82 bits per heavy atom. The van der Waals surface area contributed by atoms with Gasteiger partial charge in [-0.1, -0.05) is 54.2 Å². The normalized spacial score (nSPS) is 11.2. The number of hydrogen-bond acceptors (Lipinski definition) is 5. The minimum Gasteiger partial charge on any atom is -0.325 e. The van der Waals surface area contributed by atoms with Crippen molar-refractivity contribution < 1.29 is 4.79 Å². The number of anilines is 1. The highest BCUT2D eigenvalue weighted by molar-refractivity contribution is 7.99. The van der Waals surface area contributed by atoms with Crippen LogP contribution in [0, 0.1) is 20.8 Å². The van der Waals surface area contributed by atoms with Crippen LogP contribution in [0.3, 0.4) is 0 Å². The van der Waals surface area contributed by atoms with Gasteiger partial charge in [-0.05, 0) is 56.9 Å². The average molecular weight is 476 g/mol. The lowest BCUT2D eigenvalue weighted by Gasteiger charge is -2.13. The number of hydrogen-bond donors (Lipinski definition) is 1. The highest BCUT2D eigenvalue weighted by Gasteiger charge is 2.19. The third-order valence-corrected chi connectivity index (χ3v) is 6.94. The van der Waals surface area contributed by atoms with Gasteiger partial charge in [0, 0.05) is 18.8 Å². The minimum atomic E-state index is -0.136. The van der Waals surface area contributed by atoms with Gasteiger partial charge in [-0.15, -0.1) is 0 Å². The SMILES string of the molecule is CCn1nc(C)c2nc(SCC(=O)Nc3cccc(C)c3C)n(CCc3ccccc3)c(=O)c21. The third-order valence-electron chi connectivity index (χ3n) is 5.96. The van der Waals surface area contributed by atoms with E-state index in [1.807, 2.05) is 76.2 Å². The van der Waals surface area contributed by atoms with Crippen LogP contribution < -0.4 is 10.9 Å². The van der Waals surface area contributed by atoms with Crippen LogP contribution in [-0.2, 0) is 24.3 Å². The summed E-state index contributed by atoms with van der Waals surface area (Å²) in [5.74, 6) is 0.0149. The fourth-order valence-electron chi connectivity index (χ4n) is 3.91. The second kappa shape index (κ2) is 10.3. The van der Waals surface area contributed by atoms with Crippen LogP contribution in [0.25, 0.3) is 11.0 Å². The number of carbonyl (C=O) groups excluding carboxylic acids is 1. The number of thioether (sulfide) groups is 1. The van der Waals surface area contributed by atoms with Crippen molar-refractivity contribution in [2.45, 2.75) is 52.4 Å². The molecule has 0 aliphatic rings. The van der Waals surface area contributed by atoms with Crippen molar-refractivity contribution in [2.75, 3.05) is 11.1 Å². The summed E-state index contributed by atoms with van der Waals surface area (Å²) in [7, 11) is 0. The van der Waals surface area contributed by atoms with E-state index in [0.717, 1.165) is 22.4 Å². The molecule has 4 aromatic rings. The van der Waals surface area contributed by atoms with E-state index in [0.29, 0.717) is 41.4 Å². The zero-order valence-corrected chi connectivity index (χ0v) is 20.8. The standard InChI is InChI=1S/C26H29N5O2S/c1-5-31-24-23(19(4)29-31)28-26(30(25(24)33)15-14-20-11-7-6-8-12-20)34-16-22(32)27-21-13-9-10-17(2)18(21)3/h6-13H,5,14-16H2,1-4H3,(H,27,32). The fourth-order valence-corrected chi connectivity index (χ4v) is 4.73. The molecular weight excluding hydrogens is 446 g/mol. The molecule has 176 valence electrons. The predicted molar refractivity (Wildman–Crippen MR) is 138 cm³/mol. The Morgan fingerprint density at radius 1 is 1.06 bits per heavy atom. The van der Waals surface area contributed by atoms with E-state index in [1.165, 1.54) is 11.8 Å². The van der Waals surface area contributed by atoms with Crippen molar-refractivity contribution in [1.82, 2.24) is 19.3 Å². The van der Waals surface area contributed by atoms with Gasteiger partial charge in [0.2, 0.25) is 5.91 Å². The molecule has 0 fully saturated rings. The molecule has 0 spiro atoms. The van der Waals surface area contributed by atoms with Crippen molar-refractivity contribution in [3.05, 3.63) is 81.3 Å². The van der Waals surface area contributed by atoms with E-state index >= 15 is 0 Å². The van der Waals surface area contributed by atoms with Crippen LogP contribution in [0.2, 0.25) is 0 Å². The van der Waals surface area contributed by atoms with E-state index < -0.39 is 0 Å². The monoisotopic (exact) mass is 475 g/mol. The number of benzene rings is 2. The molecular formula is C26H29N5O2S. The summed E-state index contributed by atoms with van der Waals surface area (Å²) in [4.78, 5) is 31.1. The molecule has 0 bridgehead atoms. The van der Waals surface area contributed by atoms with Gasteiger partial charge >= 0.3 is 0 Å². The zero-order chi connectivity index (χ0) is 24.2. The molecule has 0 saturated carbocycles. The summed E-state index contributed by atoms with van der Waals surface area (Å²) >= 11 is 1.28. The van der Waals surface area contributed by atoms with E-state index in [-0.39, 0.29) is 17.2 Å². The molecule has 4 rings (SSSR count). The molecule has 0 aliphatic carbocycles. The molecule has 0 atom stereocenters. The molecule has 0 radical (unpaired) electrons. The van der Waals surface area contributed by atoms with Gasteiger partial charge in [-0.2, -0.15) is 5.10 Å². The van der Waals surface area contributed by atoms with Crippen molar-refractivity contribution in [3.8, 4) is 0 Å². The van der Waals surface area contributed by atoms with Crippen LogP contribution in [0.1, 0.15) is 29.3 Å². The summed E-state index contributed by atoms with van der Waals surface area (Å²) in [6.07, 6.45) is 0.690. The van der Waals surface area contributed by atoms with Crippen molar-refractivity contribution in [2.24, 2.45) is 0 Å². The number of aromatic nitrogens is 4. The summed E-state index contributed by atoms with van der Waals surface area (Å²) in [6, 6.07) is 15.9. The highest BCUT2D eigenvalue weighted by Crippen LogP contribution is 2.22. The Balaban J connectivity index is 1.63. The molecule has 2 aromatic carbocycles. The van der Waals surface area contributed by atoms with Gasteiger partial charge in [-0.25, -0.2) is 4.98 Å². The Labute approximate surface area is 203 Å². The number of fused-ring (bicyclic) bond motifs is 1. The number of nitrogens with zero attached hydrogens (tertiary/aromatic N) is 4. The molecule has 7 nitrogen and oxygen atoms in total. The lowest BCUT2D eigenvalue weighted by molar-refractivity contribution is -0.113. The van der Waals surface area contributed by atoms with E-state index in [1.54, 1.807) is 9.25 Å². The number of rotatable bonds is 8. The summed E-state index contributed by atoms with van der Waals surface area (Å²) in [6.45, 7) is 8.88. The Kier molecular flexibility index (Phi) is 7.17. The first kappa shape index (κ1) is 23.8. The van der Waals surface area contributed by atoms with Crippen LogP contribution in [0.4, 0.5) is 5.69 Å². The van der Waals surface area contributed by atoms with Gasteiger partial charge < -0.3 is 5.32 Å². The van der Waals surface area contributed by atoms with Gasteiger partial charge in [0.25, 0.3) is 5.56 Å². The number of amides is 1. The third kappa shape index (κ3) is 4.92. The smallest absolute Gasteiger partial charge is 0.280 e. The van der Waals surface area contributed by atoms with E-state index in [4.69, 9.17) is 4.98 Å². The van der Waals surface area contributed by atoms with Crippen LogP contribution >= 0.6 is 11.8 Å². The summed E-state index contributed by atoms with van der Waals surface area (Å²) in [5.41, 5.74) is 5.80. The van der Waals surface area contributed by atoms with Crippen molar-refractivity contribution in [1.29, 1.82) is 0 Å². The quantitative estimate of drug-likeness (QED) is 0.299. The number of nitrogens with one attached hydrogen (secondary N) is 1. The van der Waals surface area contributed by atoms with Gasteiger partial charge in [0.15, 0.2) is 10.7 Å². The second-order valence-corrected chi connectivity index (χ2v) is 9.21. The van der Waals surface area contributed by atoms with Gasteiger partial charge in [-0.3, -0.25) is 18.8 Å². The Morgan fingerprint density at radius 3 is 2.56 bits per heavy atom. The fraction of sp³-hybridized carbons (Fsp3) is 0.308. The summed E-state index contributed by atoms with van der Waals surface area (Å²) in [5, 5.41) is 8.01. The average Bonchev–Trinajstić information content (AvgIpc) is 3.16. The maximum Gasteiger partial charge on any atom is 0.280 e. The first-order valence-electron chi connectivity index (χ1n) is 11.4. The van der Waals surface area contributed by atoms with E-state index in [9.17, 15) is 9.59 Å². The lowest BCUT2D eigenvalue weighted by Crippen LogP contribution is -2.26. The molecule has 8 heteroatoms. The van der Waals surface area contributed by atoms with E-state index in [2.05, 4.69) is 10.4 Å². The van der Waals surface area contributed by atoms with Crippen LogP contribution in [-0.4, -0.2) is 31.0 Å². The second-order valence-electron chi connectivity index (χ2n) is 8.27. The molecule has 0 unspecified atom stereocenters. The van der Waals surface area contributed by atoms with Gasteiger partial charge in [0.1, 0.15) is 5.52 Å². The first-order valence-corrected chi connectivity index (χ1v) is 12.4. The maximum atomic E-state index is 13.5. The zero-order valence-electron chi connectivity index (χ0n) is 20.0. The van der Waals surface area contributed by atoms with Crippen molar-refractivity contribution in [3.63, 3.8) is 0 Å². The van der Waals surface area contributed by atoms with Crippen LogP contribution in [0.15, 0.2) is 58.5 Å². The van der Waals surface area contributed by atoms with Crippen LogP contribution in [0.5, 0.6) is 0 Å². The molecule has 1 amide bonds. The maximum absolute atomic E-state index is 13.5. The number of carbonyl (C=O) groups is 1. The number of aryl methyl sites for hydroxylation is 4. The van der Waals surface area contributed by atoms with Crippen molar-refractivity contribution >= 4 is 34.4 Å². The highest BCUT2D eigenvalue weighted by atomic mass is 32.2. The molecule has 2 aromatic heterocycles. The first-order chi connectivity index (χ1) is 16.4. The minimum absolute atomic E-state index is 0.124. The molecule has 0 saturated heterocycles. The largest absolute Gasteiger partial charge is 0.325 e. The Bertz CT molecular complexity index is 1390. The Hall–Kier alpha value is -3.39. The summed E-state index contributed by atoms with van der Waals surface area (Å²) < 4.78 is 3.39. The lowest BCUT2D eigenvalue weighted by atomic mass is 10.1. The molecule has 0 aliphatic heterocycles. The molecule has 34 heavy (non-hydrogen) atoms. The topological polar surface area (TPSA) is 81.8 Å². The molecule has 1 N–H and O–H groups in total.